The minimum Gasteiger partial charge on any atom is -0.487 e. The zero-order valence-corrected chi connectivity index (χ0v) is 12.2. The van der Waals surface area contributed by atoms with Crippen molar-refractivity contribution in [3.8, 4) is 18.1 Å². The van der Waals surface area contributed by atoms with E-state index in [4.69, 9.17) is 11.2 Å². The highest BCUT2D eigenvalue weighted by Gasteiger charge is 2.22. The van der Waals surface area contributed by atoms with Crippen molar-refractivity contribution in [2.45, 2.75) is 18.9 Å². The van der Waals surface area contributed by atoms with Gasteiger partial charge in [-0.1, -0.05) is 18.1 Å². The average molecular weight is 296 g/mol. The molecule has 4 heteroatoms. The Bertz CT molecular complexity index is 670. The van der Waals surface area contributed by atoms with Crippen LogP contribution in [0.4, 0.5) is 10.2 Å². The Balaban J connectivity index is 1.58. The standard InChI is InChI=1S/C18H17FN2O/c1-2-14-7-8-18(20-13-14)21-11-9-15(10-12-21)22-17-6-4-3-5-16(17)19/h1,3-8,13,15H,9-12H2. The van der Waals surface area contributed by atoms with Crippen molar-refractivity contribution in [2.75, 3.05) is 18.0 Å². The number of halogens is 1. The first kappa shape index (κ1) is 14.4. The summed E-state index contributed by atoms with van der Waals surface area (Å²) in [4.78, 5) is 6.57. The number of benzene rings is 1. The van der Waals surface area contributed by atoms with Gasteiger partial charge >= 0.3 is 0 Å². The van der Waals surface area contributed by atoms with E-state index in [-0.39, 0.29) is 11.9 Å². The van der Waals surface area contributed by atoms with Crippen molar-refractivity contribution in [3.63, 3.8) is 0 Å². The fourth-order valence-electron chi connectivity index (χ4n) is 2.58. The minimum atomic E-state index is -0.309. The van der Waals surface area contributed by atoms with Gasteiger partial charge in [-0.3, -0.25) is 0 Å². The summed E-state index contributed by atoms with van der Waals surface area (Å²) in [6.45, 7) is 1.67. The van der Waals surface area contributed by atoms with Gasteiger partial charge in [-0.2, -0.15) is 0 Å². The van der Waals surface area contributed by atoms with Gasteiger partial charge in [0.05, 0.1) is 0 Å². The van der Waals surface area contributed by atoms with E-state index in [2.05, 4.69) is 15.8 Å². The van der Waals surface area contributed by atoms with E-state index in [0.29, 0.717) is 5.75 Å². The van der Waals surface area contributed by atoms with E-state index >= 15 is 0 Å². The lowest BCUT2D eigenvalue weighted by molar-refractivity contribution is 0.163. The second-order valence-electron chi connectivity index (χ2n) is 5.28. The van der Waals surface area contributed by atoms with Crippen molar-refractivity contribution in [1.29, 1.82) is 0 Å². The molecule has 1 aliphatic rings. The van der Waals surface area contributed by atoms with Crippen LogP contribution in [0, 0.1) is 18.2 Å². The third-order valence-electron chi connectivity index (χ3n) is 3.81. The van der Waals surface area contributed by atoms with Crippen molar-refractivity contribution < 1.29 is 9.13 Å². The number of rotatable bonds is 3. The Hall–Kier alpha value is -2.54. The fourth-order valence-corrected chi connectivity index (χ4v) is 2.58. The molecule has 0 unspecified atom stereocenters. The van der Waals surface area contributed by atoms with Crippen LogP contribution in [0.2, 0.25) is 0 Å². The van der Waals surface area contributed by atoms with Gasteiger partial charge in [-0.25, -0.2) is 9.37 Å². The van der Waals surface area contributed by atoms with Crippen molar-refractivity contribution in [3.05, 3.63) is 54.0 Å². The summed E-state index contributed by atoms with van der Waals surface area (Å²) in [6.07, 6.45) is 8.76. The number of nitrogens with zero attached hydrogens (tertiary/aromatic N) is 2. The van der Waals surface area contributed by atoms with Crippen molar-refractivity contribution in [2.24, 2.45) is 0 Å². The van der Waals surface area contributed by atoms with Crippen LogP contribution in [-0.4, -0.2) is 24.2 Å². The predicted octanol–water partition coefficient (Wildman–Crippen LogP) is 3.25. The molecule has 0 radical (unpaired) electrons. The number of pyridine rings is 1. The van der Waals surface area contributed by atoms with E-state index < -0.39 is 0 Å². The SMILES string of the molecule is C#Cc1ccc(N2CCC(Oc3ccccc3F)CC2)nc1. The number of para-hydroxylation sites is 1. The quantitative estimate of drug-likeness (QED) is 0.813. The third-order valence-corrected chi connectivity index (χ3v) is 3.81. The van der Waals surface area contributed by atoms with E-state index in [9.17, 15) is 4.39 Å². The molecule has 1 saturated heterocycles. The lowest BCUT2D eigenvalue weighted by Gasteiger charge is -2.33. The number of terminal acetylenes is 1. The normalized spacial score (nSPS) is 15.4. The molecule has 3 nitrogen and oxygen atoms in total. The Labute approximate surface area is 129 Å². The summed E-state index contributed by atoms with van der Waals surface area (Å²) >= 11 is 0. The molecule has 0 saturated carbocycles. The highest BCUT2D eigenvalue weighted by atomic mass is 19.1. The number of hydrogen-bond acceptors (Lipinski definition) is 3. The van der Waals surface area contributed by atoms with Gasteiger partial charge in [-0.05, 0) is 24.3 Å². The van der Waals surface area contributed by atoms with Crippen LogP contribution in [-0.2, 0) is 0 Å². The summed E-state index contributed by atoms with van der Waals surface area (Å²) in [5, 5.41) is 0. The zero-order valence-electron chi connectivity index (χ0n) is 12.2. The van der Waals surface area contributed by atoms with Gasteiger partial charge in [0.15, 0.2) is 11.6 Å². The van der Waals surface area contributed by atoms with E-state index in [1.807, 2.05) is 12.1 Å². The Morgan fingerprint density at radius 3 is 2.59 bits per heavy atom. The molecule has 0 amide bonds. The van der Waals surface area contributed by atoms with Crippen LogP contribution >= 0.6 is 0 Å². The first-order valence-corrected chi connectivity index (χ1v) is 7.35. The van der Waals surface area contributed by atoms with Crippen LogP contribution in [0.15, 0.2) is 42.6 Å². The fraction of sp³-hybridized carbons (Fsp3) is 0.278. The van der Waals surface area contributed by atoms with Crippen LogP contribution in [0.25, 0.3) is 0 Å². The van der Waals surface area contributed by atoms with Gasteiger partial charge in [0.1, 0.15) is 11.9 Å². The molecule has 1 aliphatic heterocycles. The predicted molar refractivity (Wildman–Crippen MR) is 84.4 cm³/mol. The largest absolute Gasteiger partial charge is 0.487 e. The Morgan fingerprint density at radius 1 is 1.18 bits per heavy atom. The van der Waals surface area contributed by atoms with Gasteiger partial charge in [-0.15, -0.1) is 6.42 Å². The highest BCUT2D eigenvalue weighted by molar-refractivity contribution is 5.43. The molecule has 0 aliphatic carbocycles. The molecule has 0 atom stereocenters. The van der Waals surface area contributed by atoms with Gasteiger partial charge in [0.2, 0.25) is 0 Å². The van der Waals surface area contributed by atoms with Crippen LogP contribution in [0.3, 0.4) is 0 Å². The highest BCUT2D eigenvalue weighted by Crippen LogP contribution is 2.23. The molecular weight excluding hydrogens is 279 g/mol. The molecule has 0 bridgehead atoms. The molecule has 1 aromatic heterocycles. The van der Waals surface area contributed by atoms with Gasteiger partial charge < -0.3 is 9.64 Å². The minimum absolute atomic E-state index is 0.0399. The molecule has 2 aromatic rings. The summed E-state index contributed by atoms with van der Waals surface area (Å²) in [7, 11) is 0. The molecule has 0 spiro atoms. The van der Waals surface area contributed by atoms with E-state index in [1.54, 1.807) is 24.4 Å². The summed E-state index contributed by atoms with van der Waals surface area (Å²) < 4.78 is 19.4. The molecule has 22 heavy (non-hydrogen) atoms. The van der Waals surface area contributed by atoms with Crippen LogP contribution in [0.5, 0.6) is 5.75 Å². The number of anilines is 1. The maximum Gasteiger partial charge on any atom is 0.165 e. The van der Waals surface area contributed by atoms with Crippen molar-refractivity contribution in [1.82, 2.24) is 4.98 Å². The molecular formula is C18H17FN2O. The molecule has 2 heterocycles. The van der Waals surface area contributed by atoms with Crippen LogP contribution < -0.4 is 9.64 Å². The summed E-state index contributed by atoms with van der Waals surface area (Å²) in [5.41, 5.74) is 0.779. The molecule has 1 aromatic carbocycles. The van der Waals surface area contributed by atoms with E-state index in [0.717, 1.165) is 37.3 Å². The molecule has 0 N–H and O–H groups in total. The first-order valence-electron chi connectivity index (χ1n) is 7.35. The topological polar surface area (TPSA) is 25.4 Å². The molecule has 112 valence electrons. The third kappa shape index (κ3) is 3.20. The summed E-state index contributed by atoms with van der Waals surface area (Å²) in [5.74, 6) is 3.50. The number of aromatic nitrogens is 1. The monoisotopic (exact) mass is 296 g/mol. The Morgan fingerprint density at radius 2 is 1.95 bits per heavy atom. The van der Waals surface area contributed by atoms with Crippen molar-refractivity contribution >= 4 is 5.82 Å². The number of hydrogen-bond donors (Lipinski definition) is 0. The second kappa shape index (κ2) is 6.48. The maximum absolute atomic E-state index is 13.6. The van der Waals surface area contributed by atoms with E-state index in [1.165, 1.54) is 6.07 Å². The average Bonchev–Trinajstić information content (AvgIpc) is 2.58. The first-order chi connectivity index (χ1) is 10.8. The van der Waals surface area contributed by atoms with Gasteiger partial charge in [0.25, 0.3) is 0 Å². The lowest BCUT2D eigenvalue weighted by atomic mass is 10.1. The van der Waals surface area contributed by atoms with Crippen LogP contribution in [0.1, 0.15) is 18.4 Å². The molecule has 1 fully saturated rings. The smallest absolute Gasteiger partial charge is 0.165 e. The zero-order chi connectivity index (χ0) is 15.4. The maximum atomic E-state index is 13.6. The number of ether oxygens (including phenoxy) is 1. The lowest BCUT2D eigenvalue weighted by Crippen LogP contribution is -2.38. The molecule has 3 rings (SSSR count). The Kier molecular flexibility index (Phi) is 4.24. The summed E-state index contributed by atoms with van der Waals surface area (Å²) in [6, 6.07) is 10.4. The number of piperidine rings is 1. The van der Waals surface area contributed by atoms with Gasteiger partial charge in [0, 0.05) is 37.7 Å². The second-order valence-corrected chi connectivity index (χ2v) is 5.28.